The number of carbonyl (C=O) groups is 1. The largest absolute Gasteiger partial charge is 0.497 e. The molecule has 0 saturated carbocycles. The van der Waals surface area contributed by atoms with E-state index in [1.54, 1.807) is 7.11 Å². The first-order chi connectivity index (χ1) is 10.5. The summed E-state index contributed by atoms with van der Waals surface area (Å²) in [5, 5.41) is 0. The van der Waals surface area contributed by atoms with E-state index in [0.717, 1.165) is 30.7 Å². The lowest BCUT2D eigenvalue weighted by atomic mass is 9.93. The van der Waals surface area contributed by atoms with Crippen LogP contribution in [-0.2, 0) is 4.79 Å². The molecule has 1 fully saturated rings. The Balaban J connectivity index is 0.00000264. The maximum Gasteiger partial charge on any atom is 0.223 e. The number of rotatable bonds is 5. The van der Waals surface area contributed by atoms with Crippen LogP contribution in [0.1, 0.15) is 51.0 Å². The van der Waals surface area contributed by atoms with Gasteiger partial charge in [0.2, 0.25) is 5.91 Å². The summed E-state index contributed by atoms with van der Waals surface area (Å²) in [7, 11) is 1.66. The van der Waals surface area contributed by atoms with Crippen LogP contribution in [0.2, 0.25) is 0 Å². The minimum atomic E-state index is 0. The highest BCUT2D eigenvalue weighted by Crippen LogP contribution is 2.26. The van der Waals surface area contributed by atoms with E-state index in [2.05, 4.69) is 13.0 Å². The Kier molecular flexibility index (Phi) is 7.86. The predicted octanol–water partition coefficient (Wildman–Crippen LogP) is 3.34. The Labute approximate surface area is 145 Å². The number of nitrogens with two attached hydrogens (primary N) is 1. The van der Waals surface area contributed by atoms with Gasteiger partial charge >= 0.3 is 0 Å². The molecule has 0 radical (unpaired) electrons. The fourth-order valence-electron chi connectivity index (χ4n) is 3.26. The van der Waals surface area contributed by atoms with Crippen molar-refractivity contribution < 1.29 is 9.53 Å². The summed E-state index contributed by atoms with van der Waals surface area (Å²) in [6.45, 7) is 4.94. The number of amides is 1. The molecule has 1 saturated heterocycles. The van der Waals surface area contributed by atoms with Crippen molar-refractivity contribution in [1.29, 1.82) is 0 Å². The molecule has 0 bridgehead atoms. The molecule has 1 aromatic carbocycles. The van der Waals surface area contributed by atoms with Gasteiger partial charge in [0, 0.05) is 25.0 Å². The van der Waals surface area contributed by atoms with Gasteiger partial charge in [0.15, 0.2) is 0 Å². The second kappa shape index (κ2) is 9.14. The second-order valence-electron chi connectivity index (χ2n) is 6.39. The van der Waals surface area contributed by atoms with Crippen LogP contribution in [0.3, 0.4) is 0 Å². The van der Waals surface area contributed by atoms with E-state index in [9.17, 15) is 4.79 Å². The van der Waals surface area contributed by atoms with E-state index < -0.39 is 0 Å². The first-order valence-electron chi connectivity index (χ1n) is 8.22. The standard InChI is InChI=1S/C18H28N2O2.ClH/c1-13(15-7-6-8-16(12-15)22-3)11-18(21)20-10-5-4-9-17(20)14(2)19;/h6-8,12-14,17H,4-5,9-11,19H2,1-3H3;1H. The summed E-state index contributed by atoms with van der Waals surface area (Å²) in [6, 6.07) is 8.20. The van der Waals surface area contributed by atoms with Crippen LogP contribution in [0.25, 0.3) is 0 Å². The maximum atomic E-state index is 12.7. The number of carbonyl (C=O) groups excluding carboxylic acids is 1. The van der Waals surface area contributed by atoms with Crippen molar-refractivity contribution >= 4 is 18.3 Å². The van der Waals surface area contributed by atoms with Crippen LogP contribution < -0.4 is 10.5 Å². The third-order valence-electron chi connectivity index (χ3n) is 4.62. The van der Waals surface area contributed by atoms with E-state index >= 15 is 0 Å². The molecule has 0 aromatic heterocycles. The molecule has 2 rings (SSSR count). The molecule has 1 aliphatic heterocycles. The molecule has 3 unspecified atom stereocenters. The number of likely N-dealkylation sites (tertiary alicyclic amines) is 1. The van der Waals surface area contributed by atoms with Gasteiger partial charge in [-0.3, -0.25) is 4.79 Å². The summed E-state index contributed by atoms with van der Waals surface area (Å²) in [5.41, 5.74) is 7.21. The molecule has 5 heteroatoms. The van der Waals surface area contributed by atoms with E-state index in [-0.39, 0.29) is 36.3 Å². The van der Waals surface area contributed by atoms with Crippen LogP contribution in [0.5, 0.6) is 5.75 Å². The highest BCUT2D eigenvalue weighted by molar-refractivity contribution is 5.85. The Bertz CT molecular complexity index is 508. The SMILES string of the molecule is COc1cccc(C(C)CC(=O)N2CCCCC2C(C)N)c1.Cl. The number of piperidine rings is 1. The Morgan fingerprint density at radius 1 is 1.39 bits per heavy atom. The summed E-state index contributed by atoms with van der Waals surface area (Å²) >= 11 is 0. The third-order valence-corrected chi connectivity index (χ3v) is 4.62. The van der Waals surface area contributed by atoms with Crippen molar-refractivity contribution in [3.8, 4) is 5.75 Å². The molecule has 4 nitrogen and oxygen atoms in total. The Hall–Kier alpha value is -1.26. The van der Waals surface area contributed by atoms with Crippen LogP contribution in [0.15, 0.2) is 24.3 Å². The highest BCUT2D eigenvalue weighted by atomic mass is 35.5. The topological polar surface area (TPSA) is 55.6 Å². The molecule has 1 amide bonds. The first-order valence-corrected chi connectivity index (χ1v) is 8.22. The quantitative estimate of drug-likeness (QED) is 0.894. The number of ether oxygens (including phenoxy) is 1. The smallest absolute Gasteiger partial charge is 0.223 e. The molecular weight excluding hydrogens is 312 g/mol. The minimum Gasteiger partial charge on any atom is -0.497 e. The lowest BCUT2D eigenvalue weighted by molar-refractivity contribution is -0.135. The van der Waals surface area contributed by atoms with Crippen molar-refractivity contribution in [3.63, 3.8) is 0 Å². The summed E-state index contributed by atoms with van der Waals surface area (Å²) in [6.07, 6.45) is 3.80. The van der Waals surface area contributed by atoms with E-state index in [0.29, 0.717) is 6.42 Å². The lowest BCUT2D eigenvalue weighted by Crippen LogP contribution is -2.51. The maximum absolute atomic E-state index is 12.7. The third kappa shape index (κ3) is 5.11. The average Bonchev–Trinajstić information content (AvgIpc) is 2.54. The Morgan fingerprint density at radius 2 is 2.13 bits per heavy atom. The molecule has 2 N–H and O–H groups in total. The number of nitrogens with zero attached hydrogens (tertiary/aromatic N) is 1. The molecule has 0 aliphatic carbocycles. The average molecular weight is 341 g/mol. The van der Waals surface area contributed by atoms with Gasteiger partial charge in [-0.15, -0.1) is 12.4 Å². The van der Waals surface area contributed by atoms with Gasteiger partial charge in [-0.25, -0.2) is 0 Å². The van der Waals surface area contributed by atoms with Gasteiger partial charge in [-0.2, -0.15) is 0 Å². The van der Waals surface area contributed by atoms with Crippen LogP contribution in [0.4, 0.5) is 0 Å². The first kappa shape index (κ1) is 19.8. The van der Waals surface area contributed by atoms with Crippen LogP contribution >= 0.6 is 12.4 Å². The molecular formula is C18H29ClN2O2. The van der Waals surface area contributed by atoms with Crippen molar-refractivity contribution in [2.24, 2.45) is 5.73 Å². The van der Waals surface area contributed by atoms with Gasteiger partial charge in [0.25, 0.3) is 0 Å². The molecule has 3 atom stereocenters. The molecule has 1 aliphatic rings. The summed E-state index contributed by atoms with van der Waals surface area (Å²) < 4.78 is 5.26. The number of methoxy groups -OCH3 is 1. The van der Waals surface area contributed by atoms with Crippen molar-refractivity contribution in [3.05, 3.63) is 29.8 Å². The van der Waals surface area contributed by atoms with Gasteiger partial charge in [0.1, 0.15) is 5.75 Å². The molecule has 23 heavy (non-hydrogen) atoms. The fraction of sp³-hybridized carbons (Fsp3) is 0.611. The number of hydrogen-bond acceptors (Lipinski definition) is 3. The van der Waals surface area contributed by atoms with Crippen LogP contribution in [0, 0.1) is 0 Å². The normalized spacial score (nSPS) is 20.3. The summed E-state index contributed by atoms with van der Waals surface area (Å²) in [4.78, 5) is 14.7. The second-order valence-corrected chi connectivity index (χ2v) is 6.39. The number of halogens is 1. The zero-order valence-electron chi connectivity index (χ0n) is 14.3. The fourth-order valence-corrected chi connectivity index (χ4v) is 3.26. The minimum absolute atomic E-state index is 0. The highest BCUT2D eigenvalue weighted by Gasteiger charge is 2.29. The van der Waals surface area contributed by atoms with E-state index in [1.807, 2.05) is 30.0 Å². The Morgan fingerprint density at radius 3 is 2.78 bits per heavy atom. The number of hydrogen-bond donors (Lipinski definition) is 1. The molecule has 1 heterocycles. The zero-order valence-corrected chi connectivity index (χ0v) is 15.1. The lowest BCUT2D eigenvalue weighted by Gasteiger charge is -2.38. The van der Waals surface area contributed by atoms with E-state index in [4.69, 9.17) is 10.5 Å². The predicted molar refractivity (Wildman–Crippen MR) is 96.3 cm³/mol. The molecule has 0 spiro atoms. The monoisotopic (exact) mass is 340 g/mol. The zero-order chi connectivity index (χ0) is 16.1. The van der Waals surface area contributed by atoms with E-state index in [1.165, 1.54) is 6.42 Å². The van der Waals surface area contributed by atoms with Crippen molar-refractivity contribution in [2.45, 2.75) is 57.5 Å². The van der Waals surface area contributed by atoms with Crippen molar-refractivity contribution in [1.82, 2.24) is 4.90 Å². The van der Waals surface area contributed by atoms with Gasteiger partial charge < -0.3 is 15.4 Å². The molecule has 130 valence electrons. The van der Waals surface area contributed by atoms with Crippen molar-refractivity contribution in [2.75, 3.05) is 13.7 Å². The number of benzene rings is 1. The van der Waals surface area contributed by atoms with Crippen LogP contribution in [-0.4, -0.2) is 36.5 Å². The summed E-state index contributed by atoms with van der Waals surface area (Å²) in [5.74, 6) is 1.24. The molecule has 1 aromatic rings. The van der Waals surface area contributed by atoms with Gasteiger partial charge in [-0.05, 0) is 49.8 Å². The van der Waals surface area contributed by atoms with Gasteiger partial charge in [0.05, 0.1) is 7.11 Å². The van der Waals surface area contributed by atoms with Gasteiger partial charge in [-0.1, -0.05) is 19.1 Å².